The molecule has 0 aromatic heterocycles. The molecule has 1 aliphatic heterocycles. The van der Waals surface area contributed by atoms with E-state index in [4.69, 9.17) is 9.47 Å². The second kappa shape index (κ2) is 3.07. The molecule has 2 atom stereocenters. The van der Waals surface area contributed by atoms with Gasteiger partial charge in [-0.25, -0.2) is 0 Å². The van der Waals surface area contributed by atoms with Crippen LogP contribution in [-0.2, 0) is 9.47 Å². The first-order valence-electron chi connectivity index (χ1n) is 4.39. The van der Waals surface area contributed by atoms with Gasteiger partial charge in [-0.2, -0.15) is 0 Å². The predicted molar refractivity (Wildman–Crippen MR) is 59.7 cm³/mol. The van der Waals surface area contributed by atoms with Crippen molar-refractivity contribution in [2.45, 2.75) is 38.8 Å². The molecule has 1 aliphatic carbocycles. The van der Waals surface area contributed by atoms with E-state index in [1.165, 1.54) is 9.15 Å². The Morgan fingerprint density at radius 1 is 1.23 bits per heavy atom. The van der Waals surface area contributed by atoms with Crippen LogP contribution in [0.25, 0.3) is 0 Å². The van der Waals surface area contributed by atoms with Gasteiger partial charge in [-0.15, -0.1) is 0 Å². The zero-order valence-corrected chi connectivity index (χ0v) is 10.2. The summed E-state index contributed by atoms with van der Waals surface area (Å²) in [5.41, 5.74) is 1.25. The van der Waals surface area contributed by atoms with Gasteiger partial charge in [0.05, 0.1) is 0 Å². The first-order chi connectivity index (χ1) is 5.99. The number of hydrogen-bond acceptors (Lipinski definition) is 2. The fraction of sp³-hybridized carbons (Fsp3) is 0.600. The molecule has 1 saturated heterocycles. The Balaban J connectivity index is 2.30. The second-order valence-electron chi connectivity index (χ2n) is 3.94. The van der Waals surface area contributed by atoms with Crippen molar-refractivity contribution in [1.82, 2.24) is 0 Å². The molecule has 2 aliphatic rings. The Morgan fingerprint density at radius 3 is 2.46 bits per heavy atom. The van der Waals surface area contributed by atoms with Gasteiger partial charge in [0.25, 0.3) is 0 Å². The zero-order valence-electron chi connectivity index (χ0n) is 8.00. The van der Waals surface area contributed by atoms with Gasteiger partial charge in [0.2, 0.25) is 0 Å². The number of allylic oxidation sites excluding steroid dienone is 2. The van der Waals surface area contributed by atoms with E-state index in [1.54, 1.807) is 0 Å². The molecule has 0 N–H and O–H groups in total. The molecule has 0 bridgehead atoms. The van der Waals surface area contributed by atoms with Crippen LogP contribution in [-0.4, -0.2) is 18.0 Å². The smallest absolute Gasteiger partial charge is 0.164 e. The molecule has 72 valence electrons. The van der Waals surface area contributed by atoms with Crippen molar-refractivity contribution >= 4 is 22.6 Å². The lowest BCUT2D eigenvalue weighted by Crippen LogP contribution is -2.25. The Morgan fingerprint density at radius 2 is 1.85 bits per heavy atom. The second-order valence-corrected chi connectivity index (χ2v) is 5.18. The van der Waals surface area contributed by atoms with Gasteiger partial charge in [0.1, 0.15) is 12.2 Å². The van der Waals surface area contributed by atoms with Crippen molar-refractivity contribution in [2.24, 2.45) is 0 Å². The number of fused-ring (bicyclic) bond motifs is 1. The van der Waals surface area contributed by atoms with Crippen molar-refractivity contribution in [3.8, 4) is 0 Å². The fourth-order valence-electron chi connectivity index (χ4n) is 1.70. The molecule has 13 heavy (non-hydrogen) atoms. The summed E-state index contributed by atoms with van der Waals surface area (Å²) in [5, 5.41) is 0. The summed E-state index contributed by atoms with van der Waals surface area (Å²) in [6.45, 7) is 6.01. The third kappa shape index (κ3) is 1.69. The third-order valence-electron chi connectivity index (χ3n) is 2.32. The normalized spacial score (nSPS) is 36.6. The Bertz CT molecular complexity index is 263. The largest absolute Gasteiger partial charge is 0.340 e. The highest BCUT2D eigenvalue weighted by Crippen LogP contribution is 2.39. The highest BCUT2D eigenvalue weighted by Gasteiger charge is 2.44. The van der Waals surface area contributed by atoms with Crippen molar-refractivity contribution in [2.75, 3.05) is 0 Å². The van der Waals surface area contributed by atoms with Crippen LogP contribution in [0.1, 0.15) is 20.8 Å². The number of ether oxygens (including phenoxy) is 2. The van der Waals surface area contributed by atoms with Crippen molar-refractivity contribution < 1.29 is 9.47 Å². The van der Waals surface area contributed by atoms with Crippen LogP contribution in [0.5, 0.6) is 0 Å². The monoisotopic (exact) mass is 292 g/mol. The van der Waals surface area contributed by atoms with E-state index in [0.717, 1.165) is 0 Å². The van der Waals surface area contributed by atoms with E-state index in [1.807, 2.05) is 13.8 Å². The summed E-state index contributed by atoms with van der Waals surface area (Å²) in [5.74, 6) is -0.445. The van der Waals surface area contributed by atoms with E-state index < -0.39 is 5.79 Å². The van der Waals surface area contributed by atoms with Crippen molar-refractivity contribution in [1.29, 1.82) is 0 Å². The molecule has 0 amide bonds. The fourth-order valence-corrected chi connectivity index (χ4v) is 2.33. The molecule has 0 unspecified atom stereocenters. The SMILES string of the molecule is CC1=CC=C(I)[C@H]2OC(C)(C)O[C@@H]12. The molecule has 2 nitrogen and oxygen atoms in total. The summed E-state index contributed by atoms with van der Waals surface area (Å²) in [6, 6.07) is 0. The van der Waals surface area contributed by atoms with E-state index in [0.29, 0.717) is 0 Å². The molecule has 3 heteroatoms. The number of halogens is 1. The number of hydrogen-bond donors (Lipinski definition) is 0. The average molecular weight is 292 g/mol. The lowest BCUT2D eigenvalue weighted by molar-refractivity contribution is -0.139. The molecule has 1 heterocycles. The topological polar surface area (TPSA) is 18.5 Å². The highest BCUT2D eigenvalue weighted by molar-refractivity contribution is 14.1. The minimum Gasteiger partial charge on any atom is -0.340 e. The van der Waals surface area contributed by atoms with Crippen LogP contribution >= 0.6 is 22.6 Å². The Labute approximate surface area is 92.1 Å². The molecule has 0 aromatic carbocycles. The average Bonchev–Trinajstić information content (AvgIpc) is 2.35. The van der Waals surface area contributed by atoms with Crippen molar-refractivity contribution in [3.63, 3.8) is 0 Å². The predicted octanol–water partition coefficient (Wildman–Crippen LogP) is 2.79. The van der Waals surface area contributed by atoms with E-state index >= 15 is 0 Å². The molecular formula is C10H13IO2. The summed E-state index contributed by atoms with van der Waals surface area (Å²) in [4.78, 5) is 0. The minimum atomic E-state index is -0.445. The van der Waals surface area contributed by atoms with Gasteiger partial charge in [0.15, 0.2) is 5.79 Å². The lowest BCUT2D eigenvalue weighted by Gasteiger charge is -2.20. The zero-order chi connectivity index (χ0) is 9.64. The summed E-state index contributed by atoms with van der Waals surface area (Å²) < 4.78 is 12.8. The van der Waals surface area contributed by atoms with E-state index in [-0.39, 0.29) is 12.2 Å². The molecule has 0 aromatic rings. The minimum absolute atomic E-state index is 0.112. The van der Waals surface area contributed by atoms with Gasteiger partial charge >= 0.3 is 0 Å². The van der Waals surface area contributed by atoms with Crippen LogP contribution in [0, 0.1) is 0 Å². The van der Waals surface area contributed by atoms with Gasteiger partial charge in [-0.1, -0.05) is 12.2 Å². The molecule has 1 fully saturated rings. The molecular weight excluding hydrogens is 279 g/mol. The quantitative estimate of drug-likeness (QED) is 0.639. The van der Waals surface area contributed by atoms with E-state index in [2.05, 4.69) is 41.7 Å². The van der Waals surface area contributed by atoms with Crippen LogP contribution in [0.3, 0.4) is 0 Å². The standard InChI is InChI=1S/C10H13IO2/c1-6-4-5-7(11)9-8(6)12-10(2,3)13-9/h4-5,8-9H,1-3H3/t8-,9+/m0/s1. The maximum absolute atomic E-state index is 5.80. The van der Waals surface area contributed by atoms with Crippen LogP contribution in [0.4, 0.5) is 0 Å². The van der Waals surface area contributed by atoms with Gasteiger partial charge < -0.3 is 9.47 Å². The van der Waals surface area contributed by atoms with Crippen molar-refractivity contribution in [3.05, 3.63) is 21.3 Å². The first kappa shape index (κ1) is 9.68. The van der Waals surface area contributed by atoms with E-state index in [9.17, 15) is 0 Å². The molecule has 2 rings (SSSR count). The Kier molecular flexibility index (Phi) is 2.28. The third-order valence-corrected chi connectivity index (χ3v) is 3.30. The van der Waals surface area contributed by atoms with Crippen LogP contribution < -0.4 is 0 Å². The van der Waals surface area contributed by atoms with Gasteiger partial charge in [-0.05, 0) is 48.9 Å². The molecule has 0 radical (unpaired) electrons. The molecule has 0 saturated carbocycles. The summed E-state index contributed by atoms with van der Waals surface area (Å²) in [7, 11) is 0. The Hall–Kier alpha value is 0.130. The molecule has 0 spiro atoms. The van der Waals surface area contributed by atoms with Gasteiger partial charge in [-0.3, -0.25) is 0 Å². The summed E-state index contributed by atoms with van der Waals surface area (Å²) >= 11 is 2.31. The lowest BCUT2D eigenvalue weighted by atomic mass is 10.0. The maximum Gasteiger partial charge on any atom is 0.164 e. The first-order valence-corrected chi connectivity index (χ1v) is 5.47. The van der Waals surface area contributed by atoms with Gasteiger partial charge in [0, 0.05) is 3.58 Å². The number of rotatable bonds is 0. The summed E-state index contributed by atoms with van der Waals surface area (Å²) in [6.07, 6.45) is 4.43. The van der Waals surface area contributed by atoms with Crippen LogP contribution in [0.15, 0.2) is 21.3 Å². The van der Waals surface area contributed by atoms with Crippen LogP contribution in [0.2, 0.25) is 0 Å². The maximum atomic E-state index is 5.80. The highest BCUT2D eigenvalue weighted by atomic mass is 127.